The first kappa shape index (κ1) is 14.4. The zero-order valence-corrected chi connectivity index (χ0v) is 12.2. The fourth-order valence-corrected chi connectivity index (χ4v) is 3.13. The first-order valence-electron chi connectivity index (χ1n) is 6.62. The third kappa shape index (κ3) is 3.75. The first-order valence-corrected chi connectivity index (χ1v) is 7.67. The SMILES string of the molecule is CNC(CSC(C)CCO)c1cc2ccccc2o1. The minimum atomic E-state index is 0.207. The van der Waals surface area contributed by atoms with Crippen LogP contribution in [0.15, 0.2) is 34.7 Å². The molecule has 0 amide bonds. The van der Waals surface area contributed by atoms with Crippen LogP contribution in [-0.2, 0) is 0 Å². The van der Waals surface area contributed by atoms with Crippen LogP contribution >= 0.6 is 11.8 Å². The molecule has 2 unspecified atom stereocenters. The van der Waals surface area contributed by atoms with Crippen LogP contribution in [0, 0.1) is 0 Å². The Morgan fingerprint density at radius 2 is 2.16 bits per heavy atom. The van der Waals surface area contributed by atoms with E-state index in [1.165, 1.54) is 0 Å². The topological polar surface area (TPSA) is 45.4 Å². The maximum atomic E-state index is 8.92. The Balaban J connectivity index is 2.04. The summed E-state index contributed by atoms with van der Waals surface area (Å²) in [6, 6.07) is 10.4. The van der Waals surface area contributed by atoms with Gasteiger partial charge in [0, 0.05) is 23.0 Å². The van der Waals surface area contributed by atoms with Crippen molar-refractivity contribution in [3.8, 4) is 0 Å². The maximum absolute atomic E-state index is 8.92. The van der Waals surface area contributed by atoms with Gasteiger partial charge in [-0.05, 0) is 25.6 Å². The average molecular weight is 279 g/mol. The second kappa shape index (κ2) is 6.98. The lowest BCUT2D eigenvalue weighted by atomic mass is 10.2. The van der Waals surface area contributed by atoms with Crippen LogP contribution in [0.5, 0.6) is 0 Å². The average Bonchev–Trinajstić information content (AvgIpc) is 2.83. The quantitative estimate of drug-likeness (QED) is 0.817. The number of aliphatic hydroxyl groups is 1. The van der Waals surface area contributed by atoms with Crippen molar-refractivity contribution < 1.29 is 9.52 Å². The van der Waals surface area contributed by atoms with Crippen LogP contribution in [0.1, 0.15) is 25.1 Å². The van der Waals surface area contributed by atoms with Gasteiger partial charge in [0.25, 0.3) is 0 Å². The minimum absolute atomic E-state index is 0.207. The van der Waals surface area contributed by atoms with Gasteiger partial charge in [0.2, 0.25) is 0 Å². The molecule has 0 bridgehead atoms. The summed E-state index contributed by atoms with van der Waals surface area (Å²) in [7, 11) is 1.95. The number of benzene rings is 1. The third-order valence-corrected chi connectivity index (χ3v) is 4.55. The Bertz CT molecular complexity index is 479. The molecule has 1 aromatic heterocycles. The van der Waals surface area contributed by atoms with Crippen LogP contribution < -0.4 is 5.32 Å². The van der Waals surface area contributed by atoms with Crippen LogP contribution in [-0.4, -0.2) is 29.8 Å². The van der Waals surface area contributed by atoms with Gasteiger partial charge in [-0.2, -0.15) is 11.8 Å². The molecule has 104 valence electrons. The highest BCUT2D eigenvalue weighted by molar-refractivity contribution is 7.99. The number of fused-ring (bicyclic) bond motifs is 1. The molecule has 2 aromatic rings. The normalized spacial score (nSPS) is 14.7. The number of nitrogens with one attached hydrogen (secondary N) is 1. The predicted octanol–water partition coefficient (Wildman–Crippen LogP) is 3.20. The molecule has 0 spiro atoms. The highest BCUT2D eigenvalue weighted by Crippen LogP contribution is 2.27. The van der Waals surface area contributed by atoms with E-state index in [1.807, 2.05) is 37.0 Å². The molecule has 19 heavy (non-hydrogen) atoms. The van der Waals surface area contributed by atoms with Gasteiger partial charge < -0.3 is 14.8 Å². The van der Waals surface area contributed by atoms with Crippen molar-refractivity contribution in [2.24, 2.45) is 0 Å². The summed E-state index contributed by atoms with van der Waals surface area (Å²) in [5.41, 5.74) is 0.936. The first-order chi connectivity index (χ1) is 9.24. The van der Waals surface area contributed by atoms with Gasteiger partial charge in [0.05, 0.1) is 6.04 Å². The molecule has 0 fully saturated rings. The minimum Gasteiger partial charge on any atom is -0.459 e. The second-order valence-electron chi connectivity index (χ2n) is 4.68. The number of hydrogen-bond donors (Lipinski definition) is 2. The van der Waals surface area contributed by atoms with Gasteiger partial charge in [0.15, 0.2) is 0 Å². The van der Waals surface area contributed by atoms with Gasteiger partial charge in [-0.3, -0.25) is 0 Å². The van der Waals surface area contributed by atoms with E-state index in [4.69, 9.17) is 9.52 Å². The van der Waals surface area contributed by atoms with E-state index in [0.29, 0.717) is 5.25 Å². The molecular weight excluding hydrogens is 258 g/mol. The lowest BCUT2D eigenvalue weighted by Crippen LogP contribution is -2.19. The fraction of sp³-hybridized carbons (Fsp3) is 0.467. The smallest absolute Gasteiger partial charge is 0.134 e. The molecular formula is C15H21NO2S. The summed E-state index contributed by atoms with van der Waals surface area (Å²) in [6.07, 6.45) is 0.835. The van der Waals surface area contributed by atoms with Gasteiger partial charge in [0.1, 0.15) is 11.3 Å². The number of aliphatic hydroxyl groups excluding tert-OH is 1. The molecule has 0 saturated heterocycles. The lowest BCUT2D eigenvalue weighted by molar-refractivity contribution is 0.289. The van der Waals surface area contributed by atoms with Crippen molar-refractivity contribution in [1.82, 2.24) is 5.32 Å². The van der Waals surface area contributed by atoms with Crippen LogP contribution in [0.2, 0.25) is 0 Å². The van der Waals surface area contributed by atoms with Crippen molar-refractivity contribution in [3.05, 3.63) is 36.1 Å². The van der Waals surface area contributed by atoms with E-state index in [0.717, 1.165) is 28.9 Å². The zero-order chi connectivity index (χ0) is 13.7. The largest absolute Gasteiger partial charge is 0.459 e. The molecule has 0 aliphatic carbocycles. The van der Waals surface area contributed by atoms with E-state index >= 15 is 0 Å². The molecule has 1 heterocycles. The number of furan rings is 1. The van der Waals surface area contributed by atoms with Gasteiger partial charge in [-0.15, -0.1) is 0 Å². The molecule has 2 rings (SSSR count). The summed E-state index contributed by atoms with van der Waals surface area (Å²) in [6.45, 7) is 2.40. The van der Waals surface area contributed by atoms with Gasteiger partial charge >= 0.3 is 0 Å². The van der Waals surface area contributed by atoms with Crippen molar-refractivity contribution in [3.63, 3.8) is 0 Å². The highest BCUT2D eigenvalue weighted by Gasteiger charge is 2.16. The monoisotopic (exact) mass is 279 g/mol. The maximum Gasteiger partial charge on any atom is 0.134 e. The highest BCUT2D eigenvalue weighted by atomic mass is 32.2. The Hall–Kier alpha value is -0.970. The Morgan fingerprint density at radius 1 is 1.37 bits per heavy atom. The Morgan fingerprint density at radius 3 is 2.84 bits per heavy atom. The molecule has 2 atom stereocenters. The van der Waals surface area contributed by atoms with Crippen molar-refractivity contribution in [2.75, 3.05) is 19.4 Å². The van der Waals surface area contributed by atoms with Crippen LogP contribution in [0.25, 0.3) is 11.0 Å². The van der Waals surface area contributed by atoms with Crippen molar-refractivity contribution >= 4 is 22.7 Å². The molecule has 0 aliphatic rings. The Kier molecular flexibility index (Phi) is 5.31. The molecule has 4 heteroatoms. The Labute approximate surface area is 118 Å². The number of para-hydroxylation sites is 1. The van der Waals surface area contributed by atoms with Crippen molar-refractivity contribution in [1.29, 1.82) is 0 Å². The van der Waals surface area contributed by atoms with E-state index in [-0.39, 0.29) is 12.6 Å². The van der Waals surface area contributed by atoms with E-state index < -0.39 is 0 Å². The predicted molar refractivity (Wildman–Crippen MR) is 81.6 cm³/mol. The van der Waals surface area contributed by atoms with Crippen LogP contribution in [0.4, 0.5) is 0 Å². The molecule has 3 nitrogen and oxygen atoms in total. The van der Waals surface area contributed by atoms with E-state index in [9.17, 15) is 0 Å². The summed E-state index contributed by atoms with van der Waals surface area (Å²) in [5, 5.41) is 13.8. The van der Waals surface area contributed by atoms with Gasteiger partial charge in [-0.25, -0.2) is 0 Å². The summed E-state index contributed by atoms with van der Waals surface area (Å²) in [5.74, 6) is 1.92. The molecule has 0 aliphatic heterocycles. The lowest BCUT2D eigenvalue weighted by Gasteiger charge is -2.16. The summed E-state index contributed by atoms with van der Waals surface area (Å²) in [4.78, 5) is 0. The third-order valence-electron chi connectivity index (χ3n) is 3.22. The standard InChI is InChI=1S/C15H21NO2S/c1-11(7-8-17)19-10-13(16-2)15-9-12-5-3-4-6-14(12)18-15/h3-6,9,11,13,16-17H,7-8,10H2,1-2H3. The molecule has 0 saturated carbocycles. The zero-order valence-electron chi connectivity index (χ0n) is 11.4. The fourth-order valence-electron chi connectivity index (χ4n) is 2.01. The van der Waals surface area contributed by atoms with E-state index in [2.05, 4.69) is 24.4 Å². The molecule has 2 N–H and O–H groups in total. The van der Waals surface area contributed by atoms with Crippen molar-refractivity contribution in [2.45, 2.75) is 24.6 Å². The van der Waals surface area contributed by atoms with Crippen LogP contribution in [0.3, 0.4) is 0 Å². The second-order valence-corrected chi connectivity index (χ2v) is 6.16. The summed E-state index contributed by atoms with van der Waals surface area (Å²) < 4.78 is 5.89. The number of hydrogen-bond acceptors (Lipinski definition) is 4. The number of thioether (sulfide) groups is 1. The number of rotatable bonds is 7. The molecule has 1 aromatic carbocycles. The van der Waals surface area contributed by atoms with E-state index in [1.54, 1.807) is 0 Å². The van der Waals surface area contributed by atoms with Gasteiger partial charge in [-0.1, -0.05) is 25.1 Å². The summed E-state index contributed by atoms with van der Waals surface area (Å²) >= 11 is 1.86. The molecule has 0 radical (unpaired) electrons.